The van der Waals surface area contributed by atoms with E-state index in [9.17, 15) is 4.79 Å². The first-order valence-corrected chi connectivity index (χ1v) is 9.53. The van der Waals surface area contributed by atoms with Crippen LogP contribution in [0, 0.1) is 5.92 Å². The van der Waals surface area contributed by atoms with Crippen LogP contribution in [0.15, 0.2) is 0 Å². The van der Waals surface area contributed by atoms with Crippen LogP contribution in [0.2, 0.25) is 0 Å². The third-order valence-corrected chi connectivity index (χ3v) is 5.49. The highest BCUT2D eigenvalue weighted by atomic mass is 16.5. The van der Waals surface area contributed by atoms with Crippen LogP contribution in [-0.2, 0) is 16.1 Å². The van der Waals surface area contributed by atoms with Gasteiger partial charge in [-0.3, -0.25) is 9.69 Å². The minimum absolute atomic E-state index is 0.133. The number of morpholine rings is 1. The molecule has 1 amide bonds. The lowest BCUT2D eigenvalue weighted by Crippen LogP contribution is -2.51. The van der Waals surface area contributed by atoms with Gasteiger partial charge in [0, 0.05) is 19.0 Å². The standard InChI is InChI=1S/C17H28N6O2/c1-12-9-22(10-13(2)25-12)17(24)14-5-7-21(8-6-14)11-16-18-19-20-23(16)15-3-4-15/h12-15H,3-11H2,1-2H3/t12-,13-/m1/s1. The van der Waals surface area contributed by atoms with Crippen molar-refractivity contribution in [1.29, 1.82) is 0 Å². The molecule has 1 aliphatic carbocycles. The first-order valence-electron chi connectivity index (χ1n) is 9.53. The Morgan fingerprint density at radius 2 is 1.80 bits per heavy atom. The number of carbonyl (C=O) groups is 1. The van der Waals surface area contributed by atoms with Crippen molar-refractivity contribution in [2.75, 3.05) is 26.2 Å². The Balaban J connectivity index is 1.29. The van der Waals surface area contributed by atoms with Gasteiger partial charge in [-0.2, -0.15) is 0 Å². The van der Waals surface area contributed by atoms with E-state index < -0.39 is 0 Å². The fourth-order valence-corrected chi connectivity index (χ4v) is 4.07. The number of hydrogen-bond acceptors (Lipinski definition) is 6. The molecule has 3 fully saturated rings. The highest BCUT2D eigenvalue weighted by Crippen LogP contribution is 2.34. The van der Waals surface area contributed by atoms with Gasteiger partial charge in [0.15, 0.2) is 5.82 Å². The van der Waals surface area contributed by atoms with Crippen molar-refractivity contribution >= 4 is 5.91 Å². The molecular formula is C17H28N6O2. The smallest absolute Gasteiger partial charge is 0.225 e. The van der Waals surface area contributed by atoms with E-state index in [1.165, 1.54) is 12.8 Å². The average Bonchev–Trinajstić information content (AvgIpc) is 3.34. The van der Waals surface area contributed by atoms with E-state index >= 15 is 0 Å². The maximum atomic E-state index is 12.8. The second-order valence-electron chi connectivity index (χ2n) is 7.82. The Labute approximate surface area is 148 Å². The minimum atomic E-state index is 0.133. The molecule has 2 aliphatic heterocycles. The van der Waals surface area contributed by atoms with Crippen molar-refractivity contribution < 1.29 is 9.53 Å². The molecule has 1 saturated carbocycles. The zero-order valence-electron chi connectivity index (χ0n) is 15.2. The SMILES string of the molecule is C[C@@H]1CN(C(=O)C2CCN(Cc3nnnn3C3CC3)CC2)C[C@@H](C)O1. The maximum Gasteiger partial charge on any atom is 0.225 e. The molecule has 0 radical (unpaired) electrons. The Hall–Kier alpha value is -1.54. The number of amides is 1. The van der Waals surface area contributed by atoms with E-state index in [-0.39, 0.29) is 18.1 Å². The summed E-state index contributed by atoms with van der Waals surface area (Å²) < 4.78 is 7.72. The molecule has 0 bridgehead atoms. The molecule has 0 aromatic carbocycles. The second kappa shape index (κ2) is 6.99. The number of aromatic nitrogens is 4. The van der Waals surface area contributed by atoms with Crippen molar-refractivity contribution in [3.8, 4) is 0 Å². The normalized spacial score (nSPS) is 29.1. The summed E-state index contributed by atoms with van der Waals surface area (Å²) in [6.07, 6.45) is 4.48. The lowest BCUT2D eigenvalue weighted by Gasteiger charge is -2.39. The molecule has 3 heterocycles. The average molecular weight is 348 g/mol. The fraction of sp³-hybridized carbons (Fsp3) is 0.882. The molecule has 4 rings (SSSR count). The molecule has 0 spiro atoms. The minimum Gasteiger partial charge on any atom is -0.372 e. The van der Waals surface area contributed by atoms with Gasteiger partial charge >= 0.3 is 0 Å². The van der Waals surface area contributed by atoms with E-state index in [1.807, 2.05) is 23.4 Å². The molecule has 8 nitrogen and oxygen atoms in total. The number of nitrogens with zero attached hydrogens (tertiary/aromatic N) is 6. The lowest BCUT2D eigenvalue weighted by molar-refractivity contribution is -0.148. The molecular weight excluding hydrogens is 320 g/mol. The molecule has 25 heavy (non-hydrogen) atoms. The molecule has 1 aromatic rings. The highest BCUT2D eigenvalue weighted by Gasteiger charge is 2.33. The lowest BCUT2D eigenvalue weighted by atomic mass is 9.94. The van der Waals surface area contributed by atoms with Gasteiger partial charge in [-0.25, -0.2) is 4.68 Å². The zero-order chi connectivity index (χ0) is 17.4. The molecule has 3 aliphatic rings. The van der Waals surface area contributed by atoms with Crippen LogP contribution in [0.25, 0.3) is 0 Å². The molecule has 0 N–H and O–H groups in total. The Morgan fingerprint density at radius 1 is 1.12 bits per heavy atom. The van der Waals surface area contributed by atoms with Crippen LogP contribution in [-0.4, -0.2) is 74.3 Å². The predicted molar refractivity (Wildman–Crippen MR) is 90.7 cm³/mol. The van der Waals surface area contributed by atoms with E-state index in [0.717, 1.165) is 51.4 Å². The Kier molecular flexibility index (Phi) is 4.73. The first-order chi connectivity index (χ1) is 12.1. The molecule has 1 aromatic heterocycles. The topological polar surface area (TPSA) is 76.4 Å². The van der Waals surface area contributed by atoms with E-state index in [2.05, 4.69) is 20.4 Å². The zero-order valence-corrected chi connectivity index (χ0v) is 15.2. The van der Waals surface area contributed by atoms with Gasteiger partial charge < -0.3 is 9.64 Å². The number of rotatable bonds is 4. The van der Waals surface area contributed by atoms with Crippen LogP contribution in [0.5, 0.6) is 0 Å². The van der Waals surface area contributed by atoms with Gasteiger partial charge in [-0.15, -0.1) is 5.10 Å². The van der Waals surface area contributed by atoms with Crippen LogP contribution in [0.3, 0.4) is 0 Å². The van der Waals surface area contributed by atoms with E-state index in [4.69, 9.17) is 4.74 Å². The van der Waals surface area contributed by atoms with Gasteiger partial charge in [0.1, 0.15) is 0 Å². The maximum absolute atomic E-state index is 12.8. The summed E-state index contributed by atoms with van der Waals surface area (Å²) in [5, 5.41) is 12.1. The number of carbonyl (C=O) groups excluding carboxylic acids is 1. The summed E-state index contributed by atoms with van der Waals surface area (Å²) in [7, 11) is 0. The van der Waals surface area contributed by atoms with Gasteiger partial charge in [-0.05, 0) is 63.0 Å². The second-order valence-corrected chi connectivity index (χ2v) is 7.82. The van der Waals surface area contributed by atoms with Crippen molar-refractivity contribution in [2.24, 2.45) is 5.92 Å². The Bertz CT molecular complexity index is 598. The number of likely N-dealkylation sites (tertiary alicyclic amines) is 1. The number of piperidine rings is 1. The molecule has 8 heteroatoms. The summed E-state index contributed by atoms with van der Waals surface area (Å²) >= 11 is 0. The number of hydrogen-bond donors (Lipinski definition) is 0. The Morgan fingerprint density at radius 3 is 2.44 bits per heavy atom. The summed E-state index contributed by atoms with van der Waals surface area (Å²) in [5.41, 5.74) is 0. The van der Waals surface area contributed by atoms with Crippen molar-refractivity contribution in [1.82, 2.24) is 30.0 Å². The highest BCUT2D eigenvalue weighted by molar-refractivity contribution is 5.79. The van der Waals surface area contributed by atoms with Gasteiger partial charge in [-0.1, -0.05) is 0 Å². The van der Waals surface area contributed by atoms with Crippen molar-refractivity contribution in [3.05, 3.63) is 5.82 Å². The van der Waals surface area contributed by atoms with Crippen molar-refractivity contribution in [3.63, 3.8) is 0 Å². The fourth-order valence-electron chi connectivity index (χ4n) is 4.07. The van der Waals surface area contributed by atoms with E-state index in [1.54, 1.807) is 0 Å². The number of tetrazole rings is 1. The molecule has 2 atom stereocenters. The monoisotopic (exact) mass is 348 g/mol. The van der Waals surface area contributed by atoms with Crippen molar-refractivity contribution in [2.45, 2.75) is 64.3 Å². The third-order valence-electron chi connectivity index (χ3n) is 5.49. The van der Waals surface area contributed by atoms with Crippen LogP contribution in [0.4, 0.5) is 0 Å². The van der Waals surface area contributed by atoms with Crippen LogP contribution < -0.4 is 0 Å². The summed E-state index contributed by atoms with van der Waals surface area (Å²) in [6.45, 7) is 8.19. The molecule has 2 saturated heterocycles. The van der Waals surface area contributed by atoms with Crippen LogP contribution in [0.1, 0.15) is 51.4 Å². The molecule has 0 unspecified atom stereocenters. The quantitative estimate of drug-likeness (QED) is 0.803. The van der Waals surface area contributed by atoms with Crippen LogP contribution >= 0.6 is 0 Å². The summed E-state index contributed by atoms with van der Waals surface area (Å²) in [4.78, 5) is 17.2. The third kappa shape index (κ3) is 3.84. The molecule has 138 valence electrons. The summed E-state index contributed by atoms with van der Waals surface area (Å²) in [5.74, 6) is 1.42. The van der Waals surface area contributed by atoms with Gasteiger partial charge in [0.25, 0.3) is 0 Å². The predicted octanol–water partition coefficient (Wildman–Crippen LogP) is 0.856. The van der Waals surface area contributed by atoms with E-state index in [0.29, 0.717) is 11.9 Å². The largest absolute Gasteiger partial charge is 0.372 e. The number of ether oxygens (including phenoxy) is 1. The van der Waals surface area contributed by atoms with Gasteiger partial charge in [0.2, 0.25) is 5.91 Å². The first kappa shape index (κ1) is 16.9. The van der Waals surface area contributed by atoms with Gasteiger partial charge in [0.05, 0.1) is 24.8 Å². The summed E-state index contributed by atoms with van der Waals surface area (Å²) in [6, 6.07) is 0.509.